The van der Waals surface area contributed by atoms with Crippen LogP contribution in [-0.2, 0) is 9.59 Å². The summed E-state index contributed by atoms with van der Waals surface area (Å²) in [6.45, 7) is 3.48. The minimum Gasteiger partial charge on any atom is -0.480 e. The first-order chi connectivity index (χ1) is 8.59. The second kappa shape index (κ2) is 5.93. The van der Waals surface area contributed by atoms with E-state index in [1.54, 1.807) is 16.7 Å². The van der Waals surface area contributed by atoms with Gasteiger partial charge in [0.2, 0.25) is 5.91 Å². The van der Waals surface area contributed by atoms with Crippen LogP contribution in [0, 0.1) is 5.92 Å². The van der Waals surface area contributed by atoms with Crippen LogP contribution in [0.4, 0.5) is 0 Å². The number of hydrogen-bond donors (Lipinski definition) is 2. The van der Waals surface area contributed by atoms with Gasteiger partial charge in [-0.15, -0.1) is 0 Å². The molecule has 2 aliphatic heterocycles. The Bertz CT molecular complexity index is 337. The van der Waals surface area contributed by atoms with Gasteiger partial charge in [0, 0.05) is 30.0 Å². The SMILES string of the molecule is CC1CC(C(=O)N2CCSCC2C(=O)O)CCN1. The number of carboxylic acid groups (broad SMARTS) is 1. The van der Waals surface area contributed by atoms with E-state index in [0.717, 1.165) is 25.1 Å². The molecule has 18 heavy (non-hydrogen) atoms. The number of aliphatic carboxylic acids is 1. The third-order valence-electron chi connectivity index (χ3n) is 3.67. The molecule has 2 rings (SSSR count). The van der Waals surface area contributed by atoms with E-state index in [4.69, 9.17) is 0 Å². The number of carbonyl (C=O) groups is 2. The molecule has 0 aromatic heterocycles. The van der Waals surface area contributed by atoms with Crippen LogP contribution in [-0.4, -0.2) is 58.6 Å². The van der Waals surface area contributed by atoms with Crippen molar-refractivity contribution in [3.05, 3.63) is 0 Å². The molecule has 2 N–H and O–H groups in total. The maximum atomic E-state index is 12.4. The average molecular weight is 272 g/mol. The predicted molar refractivity (Wildman–Crippen MR) is 70.7 cm³/mol. The first-order valence-corrected chi connectivity index (χ1v) is 7.59. The normalized spacial score (nSPS) is 33.2. The summed E-state index contributed by atoms with van der Waals surface area (Å²) in [5, 5.41) is 12.5. The molecule has 2 heterocycles. The molecule has 5 nitrogen and oxygen atoms in total. The number of thioether (sulfide) groups is 1. The average Bonchev–Trinajstić information content (AvgIpc) is 2.38. The molecular formula is C12H20N2O3S. The van der Waals surface area contributed by atoms with E-state index in [2.05, 4.69) is 12.2 Å². The fraction of sp³-hybridized carbons (Fsp3) is 0.833. The molecule has 0 aromatic carbocycles. The van der Waals surface area contributed by atoms with E-state index in [9.17, 15) is 14.7 Å². The fourth-order valence-corrected chi connectivity index (χ4v) is 3.70. The van der Waals surface area contributed by atoms with Crippen molar-refractivity contribution in [2.75, 3.05) is 24.6 Å². The quantitative estimate of drug-likeness (QED) is 0.761. The largest absolute Gasteiger partial charge is 0.480 e. The Balaban J connectivity index is 2.03. The molecule has 3 unspecified atom stereocenters. The van der Waals surface area contributed by atoms with Gasteiger partial charge in [-0.3, -0.25) is 4.79 Å². The highest BCUT2D eigenvalue weighted by atomic mass is 32.2. The molecule has 0 aromatic rings. The fourth-order valence-electron chi connectivity index (χ4n) is 2.66. The topological polar surface area (TPSA) is 69.6 Å². The zero-order valence-corrected chi connectivity index (χ0v) is 11.4. The van der Waals surface area contributed by atoms with Crippen molar-refractivity contribution in [3.63, 3.8) is 0 Å². The monoisotopic (exact) mass is 272 g/mol. The lowest BCUT2D eigenvalue weighted by molar-refractivity contribution is -0.151. The highest BCUT2D eigenvalue weighted by Crippen LogP contribution is 2.24. The molecular weight excluding hydrogens is 252 g/mol. The van der Waals surface area contributed by atoms with Gasteiger partial charge >= 0.3 is 5.97 Å². The van der Waals surface area contributed by atoms with E-state index in [1.165, 1.54) is 0 Å². The Labute approximate surface area is 111 Å². The molecule has 0 spiro atoms. The molecule has 102 valence electrons. The number of amides is 1. The van der Waals surface area contributed by atoms with Crippen molar-refractivity contribution < 1.29 is 14.7 Å². The van der Waals surface area contributed by atoms with Gasteiger partial charge in [0.15, 0.2) is 0 Å². The van der Waals surface area contributed by atoms with Crippen LogP contribution < -0.4 is 5.32 Å². The summed E-state index contributed by atoms with van der Waals surface area (Å²) < 4.78 is 0. The van der Waals surface area contributed by atoms with E-state index in [1.807, 2.05) is 0 Å². The summed E-state index contributed by atoms with van der Waals surface area (Å²) in [5.41, 5.74) is 0. The molecule has 0 radical (unpaired) electrons. The maximum Gasteiger partial charge on any atom is 0.327 e. The minimum absolute atomic E-state index is 0.00815. The summed E-state index contributed by atoms with van der Waals surface area (Å²) in [5.74, 6) is 0.511. The Morgan fingerprint density at radius 3 is 2.89 bits per heavy atom. The van der Waals surface area contributed by atoms with E-state index in [-0.39, 0.29) is 11.8 Å². The third kappa shape index (κ3) is 2.98. The van der Waals surface area contributed by atoms with Gasteiger partial charge in [-0.05, 0) is 26.3 Å². The van der Waals surface area contributed by atoms with E-state index < -0.39 is 12.0 Å². The summed E-state index contributed by atoms with van der Waals surface area (Å²) in [6, 6.07) is -0.295. The molecule has 0 bridgehead atoms. The second-order valence-electron chi connectivity index (χ2n) is 5.04. The standard InChI is InChI=1S/C12H20N2O3S/c1-8-6-9(2-3-13-8)11(15)14-4-5-18-7-10(14)12(16)17/h8-10,13H,2-7H2,1H3,(H,16,17). The van der Waals surface area contributed by atoms with Gasteiger partial charge in [0.1, 0.15) is 6.04 Å². The van der Waals surface area contributed by atoms with Crippen LogP contribution in [0.3, 0.4) is 0 Å². The summed E-state index contributed by atoms with van der Waals surface area (Å²) in [4.78, 5) is 25.2. The number of nitrogens with one attached hydrogen (secondary N) is 1. The van der Waals surface area contributed by atoms with Crippen LogP contribution in [0.25, 0.3) is 0 Å². The number of nitrogens with zero attached hydrogens (tertiary/aromatic N) is 1. The molecule has 3 atom stereocenters. The van der Waals surface area contributed by atoms with Gasteiger partial charge in [-0.2, -0.15) is 11.8 Å². The first-order valence-electron chi connectivity index (χ1n) is 6.44. The van der Waals surface area contributed by atoms with Crippen molar-refractivity contribution >= 4 is 23.6 Å². The van der Waals surface area contributed by atoms with E-state index in [0.29, 0.717) is 18.3 Å². The van der Waals surface area contributed by atoms with Gasteiger partial charge in [-0.1, -0.05) is 0 Å². The number of hydrogen-bond acceptors (Lipinski definition) is 4. The Morgan fingerprint density at radius 1 is 1.44 bits per heavy atom. The van der Waals surface area contributed by atoms with Crippen LogP contribution in [0.2, 0.25) is 0 Å². The van der Waals surface area contributed by atoms with Crippen molar-refractivity contribution in [2.45, 2.75) is 31.8 Å². The summed E-state index contributed by atoms with van der Waals surface area (Å²) in [7, 11) is 0. The number of carboxylic acids is 1. The second-order valence-corrected chi connectivity index (χ2v) is 6.19. The lowest BCUT2D eigenvalue weighted by Crippen LogP contribution is -2.53. The third-order valence-corrected chi connectivity index (χ3v) is 4.69. The van der Waals surface area contributed by atoms with Crippen LogP contribution in [0.1, 0.15) is 19.8 Å². The molecule has 6 heteroatoms. The summed E-state index contributed by atoms with van der Waals surface area (Å²) in [6.07, 6.45) is 1.63. The van der Waals surface area contributed by atoms with Crippen molar-refractivity contribution in [1.82, 2.24) is 10.2 Å². The maximum absolute atomic E-state index is 12.4. The van der Waals surface area contributed by atoms with Crippen molar-refractivity contribution in [1.29, 1.82) is 0 Å². The number of carbonyl (C=O) groups excluding carboxylic acids is 1. The van der Waals surface area contributed by atoms with Crippen molar-refractivity contribution in [2.24, 2.45) is 5.92 Å². The van der Waals surface area contributed by atoms with Gasteiger partial charge in [-0.25, -0.2) is 4.79 Å². The smallest absolute Gasteiger partial charge is 0.327 e. The number of rotatable bonds is 2. The predicted octanol–water partition coefficient (Wildman–Crippen LogP) is 0.403. The van der Waals surface area contributed by atoms with Gasteiger partial charge in [0.25, 0.3) is 0 Å². The van der Waals surface area contributed by atoms with Crippen LogP contribution in [0.5, 0.6) is 0 Å². The lowest BCUT2D eigenvalue weighted by atomic mass is 9.91. The first kappa shape index (κ1) is 13.7. The van der Waals surface area contributed by atoms with E-state index >= 15 is 0 Å². The Hall–Kier alpha value is -0.750. The molecule has 0 aliphatic carbocycles. The van der Waals surface area contributed by atoms with Crippen LogP contribution in [0.15, 0.2) is 0 Å². The Morgan fingerprint density at radius 2 is 2.22 bits per heavy atom. The zero-order chi connectivity index (χ0) is 13.1. The molecule has 2 fully saturated rings. The van der Waals surface area contributed by atoms with Gasteiger partial charge < -0.3 is 15.3 Å². The molecule has 2 aliphatic rings. The zero-order valence-electron chi connectivity index (χ0n) is 10.6. The highest BCUT2D eigenvalue weighted by Gasteiger charge is 2.36. The van der Waals surface area contributed by atoms with Crippen molar-refractivity contribution in [3.8, 4) is 0 Å². The van der Waals surface area contributed by atoms with Crippen LogP contribution >= 0.6 is 11.8 Å². The summed E-state index contributed by atoms with van der Waals surface area (Å²) >= 11 is 1.61. The molecule has 1 amide bonds. The Kier molecular flexibility index (Phi) is 4.50. The molecule has 2 saturated heterocycles. The lowest BCUT2D eigenvalue weighted by Gasteiger charge is -2.37. The highest BCUT2D eigenvalue weighted by molar-refractivity contribution is 7.99. The number of piperidine rings is 1. The minimum atomic E-state index is -0.877. The van der Waals surface area contributed by atoms with Gasteiger partial charge in [0.05, 0.1) is 0 Å². The molecule has 0 saturated carbocycles.